The molecule has 0 spiro atoms. The van der Waals surface area contributed by atoms with E-state index in [4.69, 9.17) is 9.47 Å². The van der Waals surface area contributed by atoms with Gasteiger partial charge in [0.05, 0.1) is 12.2 Å². The van der Waals surface area contributed by atoms with E-state index >= 15 is 0 Å². The van der Waals surface area contributed by atoms with Crippen LogP contribution in [0.25, 0.3) is 0 Å². The number of hydrogen-bond acceptors (Lipinski definition) is 3. The molecule has 0 aliphatic heterocycles. The molecule has 2 aromatic rings. The first-order chi connectivity index (χ1) is 15.4. The number of ether oxygens (including phenoxy) is 2. The summed E-state index contributed by atoms with van der Waals surface area (Å²) < 4.78 is 39.8. The van der Waals surface area contributed by atoms with Gasteiger partial charge in [0.2, 0.25) is 5.82 Å². The van der Waals surface area contributed by atoms with Gasteiger partial charge < -0.3 is 9.47 Å². The van der Waals surface area contributed by atoms with Crippen molar-refractivity contribution in [3.8, 4) is 11.5 Å². The van der Waals surface area contributed by atoms with E-state index in [0.29, 0.717) is 30.3 Å². The second kappa shape index (κ2) is 11.4. The quantitative estimate of drug-likeness (QED) is 0.299. The fourth-order valence-corrected chi connectivity index (χ4v) is 4.19. The molecule has 1 atom stereocenters. The van der Waals surface area contributed by atoms with Gasteiger partial charge in [-0.05, 0) is 72.9 Å². The molecule has 0 amide bonds. The number of benzene rings is 2. The van der Waals surface area contributed by atoms with Crippen molar-refractivity contribution < 1.29 is 23.0 Å². The minimum Gasteiger partial charge on any atom is -0.493 e. The molecule has 0 saturated heterocycles. The van der Waals surface area contributed by atoms with Crippen molar-refractivity contribution in [1.29, 1.82) is 0 Å². The van der Waals surface area contributed by atoms with Gasteiger partial charge >= 0.3 is 5.97 Å². The van der Waals surface area contributed by atoms with Gasteiger partial charge in [-0.2, -0.15) is 4.39 Å². The first-order valence-electron chi connectivity index (χ1n) is 11.8. The van der Waals surface area contributed by atoms with Crippen molar-refractivity contribution in [3.05, 3.63) is 59.2 Å². The van der Waals surface area contributed by atoms with E-state index in [1.165, 1.54) is 44.2 Å². The highest BCUT2D eigenvalue weighted by Crippen LogP contribution is 2.31. The molecule has 0 bridgehead atoms. The van der Waals surface area contributed by atoms with Gasteiger partial charge in [-0.25, -0.2) is 9.18 Å². The topological polar surface area (TPSA) is 35.5 Å². The zero-order valence-electron chi connectivity index (χ0n) is 19.3. The zero-order valence-corrected chi connectivity index (χ0v) is 19.3. The SMILES string of the molecule is CCC(C)Cc1ccc(OC(=O)c2ccc(OCC3CCC(CC)CC3)cc2)c(F)c1F. The predicted molar refractivity (Wildman–Crippen MR) is 122 cm³/mol. The van der Waals surface area contributed by atoms with Gasteiger partial charge in [-0.1, -0.05) is 52.5 Å². The fraction of sp³-hybridized carbons (Fsp3) is 0.519. The van der Waals surface area contributed by atoms with Crippen LogP contribution in [-0.2, 0) is 6.42 Å². The molecule has 32 heavy (non-hydrogen) atoms. The summed E-state index contributed by atoms with van der Waals surface area (Å²) in [5.74, 6) is -0.861. The molecule has 1 aliphatic rings. The Hall–Kier alpha value is -2.43. The van der Waals surface area contributed by atoms with Crippen LogP contribution in [0.4, 0.5) is 8.78 Å². The molecule has 0 heterocycles. The van der Waals surface area contributed by atoms with Crippen molar-refractivity contribution >= 4 is 5.97 Å². The summed E-state index contributed by atoms with van der Waals surface area (Å²) in [5, 5.41) is 0. The first-order valence-corrected chi connectivity index (χ1v) is 11.8. The van der Waals surface area contributed by atoms with Crippen LogP contribution < -0.4 is 9.47 Å². The Balaban J connectivity index is 1.55. The summed E-state index contributed by atoms with van der Waals surface area (Å²) in [5.41, 5.74) is 0.547. The highest BCUT2D eigenvalue weighted by Gasteiger charge is 2.21. The van der Waals surface area contributed by atoms with E-state index in [0.717, 1.165) is 12.3 Å². The van der Waals surface area contributed by atoms with Crippen LogP contribution in [0, 0.1) is 29.4 Å². The van der Waals surface area contributed by atoms with Crippen LogP contribution in [0.2, 0.25) is 0 Å². The standard InChI is InChI=1S/C27H34F2O3/c1-4-18(3)16-22-12-15-24(26(29)25(22)28)32-27(30)21-10-13-23(14-11-21)31-17-20-8-6-19(5-2)7-9-20/h10-15,18-20H,4-9,16-17H2,1-3H3. The third kappa shape index (κ3) is 6.30. The third-order valence-corrected chi connectivity index (χ3v) is 6.71. The molecule has 0 radical (unpaired) electrons. The van der Waals surface area contributed by atoms with Crippen LogP contribution in [0.3, 0.4) is 0 Å². The molecule has 1 unspecified atom stereocenters. The Morgan fingerprint density at radius 1 is 0.969 bits per heavy atom. The van der Waals surface area contributed by atoms with E-state index < -0.39 is 23.4 Å². The Morgan fingerprint density at radius 2 is 1.62 bits per heavy atom. The third-order valence-electron chi connectivity index (χ3n) is 6.71. The Kier molecular flexibility index (Phi) is 8.66. The molecule has 0 N–H and O–H groups in total. The molecule has 3 nitrogen and oxygen atoms in total. The lowest BCUT2D eigenvalue weighted by atomic mass is 9.81. The maximum absolute atomic E-state index is 14.4. The maximum Gasteiger partial charge on any atom is 0.343 e. The molecule has 2 aromatic carbocycles. The molecule has 1 saturated carbocycles. The van der Waals surface area contributed by atoms with Gasteiger partial charge in [0, 0.05) is 0 Å². The van der Waals surface area contributed by atoms with Gasteiger partial charge in [0.15, 0.2) is 11.6 Å². The van der Waals surface area contributed by atoms with Gasteiger partial charge in [0.1, 0.15) is 5.75 Å². The number of carbonyl (C=O) groups excluding carboxylic acids is 1. The summed E-state index contributed by atoms with van der Waals surface area (Å²) in [7, 11) is 0. The lowest BCUT2D eigenvalue weighted by molar-refractivity contribution is 0.0726. The normalized spacial score (nSPS) is 19.4. The average molecular weight is 445 g/mol. The zero-order chi connectivity index (χ0) is 23.1. The molecule has 5 heteroatoms. The van der Waals surface area contributed by atoms with E-state index in [-0.39, 0.29) is 11.5 Å². The maximum atomic E-state index is 14.4. The van der Waals surface area contributed by atoms with E-state index in [1.54, 1.807) is 24.3 Å². The summed E-state index contributed by atoms with van der Waals surface area (Å²) in [6.07, 6.45) is 7.49. The fourth-order valence-electron chi connectivity index (χ4n) is 4.19. The minimum atomic E-state index is -1.13. The van der Waals surface area contributed by atoms with E-state index in [1.807, 2.05) is 13.8 Å². The van der Waals surface area contributed by atoms with Gasteiger partial charge in [-0.3, -0.25) is 0 Å². The number of halogens is 2. The molecule has 174 valence electrons. The van der Waals surface area contributed by atoms with Gasteiger partial charge in [-0.15, -0.1) is 0 Å². The molecule has 0 aromatic heterocycles. The summed E-state index contributed by atoms with van der Waals surface area (Å²) in [6, 6.07) is 9.38. The highest BCUT2D eigenvalue weighted by atomic mass is 19.2. The van der Waals surface area contributed by atoms with Crippen molar-refractivity contribution in [2.24, 2.45) is 17.8 Å². The minimum absolute atomic E-state index is 0.240. The van der Waals surface area contributed by atoms with Crippen LogP contribution in [0.1, 0.15) is 75.2 Å². The number of carbonyl (C=O) groups is 1. The summed E-state index contributed by atoms with van der Waals surface area (Å²) >= 11 is 0. The van der Waals surface area contributed by atoms with E-state index in [2.05, 4.69) is 6.92 Å². The van der Waals surface area contributed by atoms with Crippen molar-refractivity contribution in [2.75, 3.05) is 6.61 Å². The molecular weight excluding hydrogens is 410 g/mol. The van der Waals surface area contributed by atoms with E-state index in [9.17, 15) is 13.6 Å². The predicted octanol–water partition coefficient (Wildman–Crippen LogP) is 7.37. The lowest BCUT2D eigenvalue weighted by Crippen LogP contribution is -2.19. The Bertz CT molecular complexity index is 887. The second-order valence-corrected chi connectivity index (χ2v) is 9.09. The van der Waals surface area contributed by atoms with Crippen LogP contribution >= 0.6 is 0 Å². The Morgan fingerprint density at radius 3 is 2.25 bits per heavy atom. The summed E-state index contributed by atoms with van der Waals surface area (Å²) in [4.78, 5) is 12.4. The summed E-state index contributed by atoms with van der Waals surface area (Å²) in [6.45, 7) is 6.91. The van der Waals surface area contributed by atoms with Crippen molar-refractivity contribution in [3.63, 3.8) is 0 Å². The average Bonchev–Trinajstić information content (AvgIpc) is 2.83. The number of hydrogen-bond donors (Lipinski definition) is 0. The van der Waals surface area contributed by atoms with Crippen LogP contribution in [0.5, 0.6) is 11.5 Å². The van der Waals surface area contributed by atoms with Crippen LogP contribution in [-0.4, -0.2) is 12.6 Å². The molecule has 1 aliphatic carbocycles. The van der Waals surface area contributed by atoms with Crippen molar-refractivity contribution in [2.45, 2.75) is 65.7 Å². The number of rotatable bonds is 9. The molecule has 3 rings (SSSR count). The monoisotopic (exact) mass is 444 g/mol. The first kappa shape index (κ1) is 24.2. The molecule has 1 fully saturated rings. The smallest absolute Gasteiger partial charge is 0.343 e. The lowest BCUT2D eigenvalue weighted by Gasteiger charge is -2.27. The number of esters is 1. The highest BCUT2D eigenvalue weighted by molar-refractivity contribution is 5.91. The largest absolute Gasteiger partial charge is 0.493 e. The van der Waals surface area contributed by atoms with Crippen LogP contribution in [0.15, 0.2) is 36.4 Å². The Labute approximate surface area is 190 Å². The van der Waals surface area contributed by atoms with Gasteiger partial charge in [0.25, 0.3) is 0 Å². The molecular formula is C27H34F2O3. The second-order valence-electron chi connectivity index (χ2n) is 9.09. The van der Waals surface area contributed by atoms with Crippen molar-refractivity contribution in [1.82, 2.24) is 0 Å².